The molecule has 0 fully saturated rings. The number of allylic oxidation sites excluding steroid dienone is 2. The monoisotopic (exact) mass is 601 g/mol. The largest absolute Gasteiger partial charge is 0.496 e. The first-order chi connectivity index (χ1) is 18.1. The molecule has 2 aliphatic heterocycles. The van der Waals surface area contributed by atoms with E-state index >= 15 is 0 Å². The summed E-state index contributed by atoms with van der Waals surface area (Å²) in [6.07, 6.45) is 0.314. The van der Waals surface area contributed by atoms with Gasteiger partial charge in [0.15, 0.2) is 5.75 Å². The lowest BCUT2D eigenvalue weighted by Crippen LogP contribution is -2.58. The van der Waals surface area contributed by atoms with Gasteiger partial charge in [0, 0.05) is 39.3 Å². The van der Waals surface area contributed by atoms with Crippen LogP contribution < -0.4 is 19.5 Å². The average molecular weight is 603 g/mol. The van der Waals surface area contributed by atoms with Crippen LogP contribution in [0.25, 0.3) is 0 Å². The van der Waals surface area contributed by atoms with E-state index in [-0.39, 0.29) is 39.0 Å². The number of Topliss-reactive ketones (excluding diaryl/α,β-unsaturated/α-hetero) is 2. The summed E-state index contributed by atoms with van der Waals surface area (Å²) in [4.78, 5) is 41.8. The molecule has 38 heavy (non-hydrogen) atoms. The Balaban J connectivity index is 1.72. The zero-order valence-electron chi connectivity index (χ0n) is 21.4. The summed E-state index contributed by atoms with van der Waals surface area (Å²) in [5.74, 6) is -2.54. The number of dihydropyridines is 1. The highest BCUT2D eigenvalue weighted by Crippen LogP contribution is 2.56. The minimum Gasteiger partial charge on any atom is -0.496 e. The van der Waals surface area contributed by atoms with Crippen LogP contribution in [0.3, 0.4) is 0 Å². The van der Waals surface area contributed by atoms with Crippen LogP contribution in [0.4, 0.5) is 0 Å². The van der Waals surface area contributed by atoms with Gasteiger partial charge < -0.3 is 24.3 Å². The van der Waals surface area contributed by atoms with E-state index in [0.29, 0.717) is 23.4 Å². The van der Waals surface area contributed by atoms with Crippen LogP contribution in [0.2, 0.25) is 5.02 Å². The molecule has 10 heteroatoms. The van der Waals surface area contributed by atoms with E-state index in [1.54, 1.807) is 13.8 Å². The third kappa shape index (κ3) is 3.59. The fraction of sp³-hybridized carbons (Fsp3) is 0.321. The molecular formula is C28H25BrClNO7. The Morgan fingerprint density at radius 2 is 1.84 bits per heavy atom. The molecule has 0 bridgehead atoms. The number of esters is 1. The van der Waals surface area contributed by atoms with E-state index in [2.05, 4.69) is 21.2 Å². The summed E-state index contributed by atoms with van der Waals surface area (Å²) in [5, 5.41) is 3.32. The topological polar surface area (TPSA) is 100 Å². The van der Waals surface area contributed by atoms with E-state index < -0.39 is 35.0 Å². The number of fused-ring (bicyclic) bond motifs is 1. The van der Waals surface area contributed by atoms with E-state index in [9.17, 15) is 14.4 Å². The van der Waals surface area contributed by atoms with Gasteiger partial charge in [-0.2, -0.15) is 0 Å². The van der Waals surface area contributed by atoms with Crippen molar-refractivity contribution in [3.8, 4) is 17.2 Å². The molecule has 1 aliphatic carbocycles. The van der Waals surface area contributed by atoms with Crippen molar-refractivity contribution in [1.29, 1.82) is 0 Å². The molecule has 0 aromatic heterocycles. The van der Waals surface area contributed by atoms with Crippen LogP contribution in [-0.4, -0.2) is 44.5 Å². The highest BCUT2D eigenvalue weighted by molar-refractivity contribution is 9.10. The average Bonchev–Trinajstić information content (AvgIpc) is 3.21. The summed E-state index contributed by atoms with van der Waals surface area (Å²) in [5.41, 5.74) is 0.636. The SMILES string of the molecule is COC(=O)C1=C(C)NC2=C(C(=O)C3(Oc4c(Cl)c(OC)cc(OC)c4C3=O)C(C)C2)C1c1cccc(Br)c1. The molecule has 2 heterocycles. The molecule has 8 nitrogen and oxygen atoms in total. The quantitative estimate of drug-likeness (QED) is 0.380. The van der Waals surface area contributed by atoms with Gasteiger partial charge in [0.2, 0.25) is 17.2 Å². The molecule has 2 aromatic rings. The predicted molar refractivity (Wildman–Crippen MR) is 143 cm³/mol. The predicted octanol–water partition coefficient (Wildman–Crippen LogP) is 5.13. The molecule has 198 valence electrons. The van der Waals surface area contributed by atoms with Crippen LogP contribution in [0, 0.1) is 5.92 Å². The van der Waals surface area contributed by atoms with Crippen molar-refractivity contribution in [2.75, 3.05) is 21.3 Å². The van der Waals surface area contributed by atoms with Gasteiger partial charge in [-0.05, 0) is 31.0 Å². The number of nitrogens with one attached hydrogen (secondary N) is 1. The number of ether oxygens (including phenoxy) is 4. The second-order valence-electron chi connectivity index (χ2n) is 9.44. The van der Waals surface area contributed by atoms with E-state index in [4.69, 9.17) is 30.5 Å². The van der Waals surface area contributed by atoms with Crippen molar-refractivity contribution in [3.05, 3.63) is 73.5 Å². The smallest absolute Gasteiger partial charge is 0.336 e. The Bertz CT molecular complexity index is 1480. The Labute approximate surface area is 233 Å². The summed E-state index contributed by atoms with van der Waals surface area (Å²) in [6, 6.07) is 8.84. The molecule has 3 aliphatic rings. The lowest BCUT2D eigenvalue weighted by atomic mass is 9.65. The first kappa shape index (κ1) is 26.3. The van der Waals surface area contributed by atoms with Gasteiger partial charge in [-0.1, -0.05) is 46.6 Å². The van der Waals surface area contributed by atoms with E-state index in [1.165, 1.54) is 27.4 Å². The summed E-state index contributed by atoms with van der Waals surface area (Å²) >= 11 is 10.0. The Morgan fingerprint density at radius 3 is 2.47 bits per heavy atom. The highest BCUT2D eigenvalue weighted by atomic mass is 79.9. The molecule has 0 radical (unpaired) electrons. The molecule has 5 rings (SSSR count). The number of halogens is 2. The number of hydrogen-bond donors (Lipinski definition) is 1. The molecule has 0 saturated carbocycles. The van der Waals surface area contributed by atoms with Gasteiger partial charge in [-0.25, -0.2) is 4.79 Å². The fourth-order valence-corrected chi connectivity index (χ4v) is 6.36. The maximum absolute atomic E-state index is 14.6. The number of carbonyl (C=O) groups excluding carboxylic acids is 3. The Morgan fingerprint density at radius 1 is 1.13 bits per heavy atom. The maximum Gasteiger partial charge on any atom is 0.336 e. The molecule has 2 aromatic carbocycles. The van der Waals surface area contributed by atoms with E-state index in [0.717, 1.165) is 4.47 Å². The standard InChI is InChI=1S/C28H25BrClNO7/c1-12-9-16-21(20(14-7-6-8-15(29)10-14)19(13(2)31-16)27(34)37-5)25(32)28(12)26(33)22-17(35-3)11-18(36-4)23(30)24(22)38-28/h6-8,10-12,20,31H,9H2,1-5H3. The number of carbonyl (C=O) groups is 3. The van der Waals surface area contributed by atoms with Crippen molar-refractivity contribution in [2.45, 2.75) is 31.8 Å². The number of benzene rings is 2. The molecule has 1 spiro atoms. The molecule has 3 unspecified atom stereocenters. The van der Waals surface area contributed by atoms with Crippen LogP contribution in [-0.2, 0) is 14.3 Å². The zero-order valence-corrected chi connectivity index (χ0v) is 23.7. The minimum atomic E-state index is -1.90. The van der Waals surface area contributed by atoms with Gasteiger partial charge in [0.1, 0.15) is 22.1 Å². The maximum atomic E-state index is 14.6. The first-order valence-electron chi connectivity index (χ1n) is 11.9. The van der Waals surface area contributed by atoms with Gasteiger partial charge in [-0.3, -0.25) is 9.59 Å². The summed E-state index contributed by atoms with van der Waals surface area (Å²) in [6.45, 7) is 3.55. The Hall–Kier alpha value is -3.30. The normalized spacial score (nSPS) is 24.1. The molecule has 0 amide bonds. The third-order valence-electron chi connectivity index (χ3n) is 7.44. The number of hydrogen-bond acceptors (Lipinski definition) is 8. The van der Waals surface area contributed by atoms with Crippen LogP contribution >= 0.6 is 27.5 Å². The summed E-state index contributed by atoms with van der Waals surface area (Å²) in [7, 11) is 4.14. The van der Waals surface area contributed by atoms with Crippen molar-refractivity contribution < 1.29 is 33.3 Å². The first-order valence-corrected chi connectivity index (χ1v) is 13.0. The number of methoxy groups -OCH3 is 3. The number of ketones is 2. The molecule has 1 N–H and O–H groups in total. The van der Waals surface area contributed by atoms with Gasteiger partial charge >= 0.3 is 5.97 Å². The third-order valence-corrected chi connectivity index (χ3v) is 8.29. The van der Waals surface area contributed by atoms with Crippen LogP contribution in [0.5, 0.6) is 17.2 Å². The minimum absolute atomic E-state index is 0.0415. The molecule has 3 atom stereocenters. The Kier molecular flexibility index (Phi) is 6.55. The van der Waals surface area contributed by atoms with Crippen LogP contribution in [0.15, 0.2) is 57.3 Å². The van der Waals surface area contributed by atoms with Crippen molar-refractivity contribution in [1.82, 2.24) is 5.32 Å². The van der Waals surface area contributed by atoms with E-state index in [1.807, 2.05) is 24.3 Å². The lowest BCUT2D eigenvalue weighted by molar-refractivity contribution is -0.136. The second kappa shape index (κ2) is 9.47. The van der Waals surface area contributed by atoms with Gasteiger partial charge in [0.25, 0.3) is 0 Å². The van der Waals surface area contributed by atoms with Crippen molar-refractivity contribution in [3.63, 3.8) is 0 Å². The van der Waals surface area contributed by atoms with Gasteiger partial charge in [-0.15, -0.1) is 0 Å². The highest BCUT2D eigenvalue weighted by Gasteiger charge is 2.63. The number of rotatable bonds is 4. The van der Waals surface area contributed by atoms with Gasteiger partial charge in [0.05, 0.1) is 26.9 Å². The fourth-order valence-electron chi connectivity index (χ4n) is 5.67. The molecular weight excluding hydrogens is 578 g/mol. The van der Waals surface area contributed by atoms with Crippen molar-refractivity contribution in [2.24, 2.45) is 5.92 Å². The lowest BCUT2D eigenvalue weighted by Gasteiger charge is -2.42. The second-order valence-corrected chi connectivity index (χ2v) is 10.7. The summed E-state index contributed by atoms with van der Waals surface area (Å²) < 4.78 is 23.0. The zero-order chi connectivity index (χ0) is 27.5. The molecule has 0 saturated heterocycles. The van der Waals surface area contributed by atoms with Crippen LogP contribution in [0.1, 0.15) is 42.1 Å². The van der Waals surface area contributed by atoms with Crippen molar-refractivity contribution >= 4 is 45.1 Å².